The molecule has 1 aliphatic carbocycles. The number of halogens is 4. The zero-order chi connectivity index (χ0) is 22.8. The van der Waals surface area contributed by atoms with Gasteiger partial charge in [-0.05, 0) is 30.5 Å². The summed E-state index contributed by atoms with van der Waals surface area (Å²) in [6.07, 6.45) is -5.91. The lowest BCUT2D eigenvalue weighted by Crippen LogP contribution is -2.41. The Morgan fingerprint density at radius 3 is 2.74 bits per heavy atom. The molecule has 3 N–H and O–H groups in total. The van der Waals surface area contributed by atoms with Crippen molar-refractivity contribution in [1.29, 1.82) is 0 Å². The summed E-state index contributed by atoms with van der Waals surface area (Å²) in [5.41, 5.74) is 0.843. The van der Waals surface area contributed by atoms with Gasteiger partial charge in [0.15, 0.2) is 6.10 Å². The number of nitrogens with one attached hydrogen (secondary N) is 2. The van der Waals surface area contributed by atoms with Crippen molar-refractivity contribution in [1.82, 2.24) is 10.6 Å². The molecule has 11 heteroatoms. The third-order valence-corrected chi connectivity index (χ3v) is 5.31. The largest absolute Gasteiger partial charge is 0.522 e. The molecule has 4 atom stereocenters. The summed E-state index contributed by atoms with van der Waals surface area (Å²) in [5.74, 6) is -1.42. The van der Waals surface area contributed by atoms with Crippen LogP contribution in [0.25, 0.3) is 0 Å². The molecule has 2 amide bonds. The second kappa shape index (κ2) is 9.46. The summed E-state index contributed by atoms with van der Waals surface area (Å²) in [7, 11) is 0. The highest BCUT2D eigenvalue weighted by atomic mass is 35.5. The van der Waals surface area contributed by atoms with Gasteiger partial charge in [-0.3, -0.25) is 14.3 Å². The van der Waals surface area contributed by atoms with E-state index < -0.39 is 42.9 Å². The minimum atomic E-state index is -4.70. The SMILES string of the molecule is C=C(CCNC(=O)[C@@H]1C[C@@H]1COC(F)(F)F)NC(=O)[C@H]1C[C@@H](O)c2cc(Cl)ccc2O1. The number of benzene rings is 1. The van der Waals surface area contributed by atoms with E-state index in [0.29, 0.717) is 28.5 Å². The first-order chi connectivity index (χ1) is 14.5. The second-order valence-corrected chi connectivity index (χ2v) is 7.97. The highest BCUT2D eigenvalue weighted by Crippen LogP contribution is 2.40. The number of amides is 2. The van der Waals surface area contributed by atoms with E-state index in [9.17, 15) is 27.9 Å². The van der Waals surface area contributed by atoms with Gasteiger partial charge in [0.2, 0.25) is 5.91 Å². The maximum absolute atomic E-state index is 12.4. The lowest BCUT2D eigenvalue weighted by atomic mass is 9.98. The van der Waals surface area contributed by atoms with Gasteiger partial charge in [-0.1, -0.05) is 18.2 Å². The molecule has 7 nitrogen and oxygen atoms in total. The molecular formula is C20H22ClF3N2O5. The predicted octanol–water partition coefficient (Wildman–Crippen LogP) is 2.83. The van der Waals surface area contributed by atoms with Crippen LogP contribution in [0.1, 0.15) is 30.9 Å². The third kappa shape index (κ3) is 6.59. The van der Waals surface area contributed by atoms with Gasteiger partial charge in [0.05, 0.1) is 12.7 Å². The summed E-state index contributed by atoms with van der Waals surface area (Å²) in [4.78, 5) is 24.4. The standard InChI is InChI=1S/C20H22ClF3N2O5/c1-10(4-5-25-18(28)13-6-11(13)9-30-20(22,23)24)26-19(29)17-8-15(27)14-7-12(21)2-3-16(14)31-17/h2-3,7,11,13,15,17,27H,1,4-6,8-9H2,(H,25,28)(H,26,29)/t11-,13-,15-,17-/m1/s1. The first-order valence-corrected chi connectivity index (χ1v) is 10.0. The average molecular weight is 463 g/mol. The monoisotopic (exact) mass is 462 g/mol. The van der Waals surface area contributed by atoms with Gasteiger partial charge in [0.1, 0.15) is 5.75 Å². The Labute approximate surface area is 181 Å². The van der Waals surface area contributed by atoms with E-state index in [1.165, 1.54) is 0 Å². The molecule has 3 rings (SSSR count). The number of aliphatic hydroxyl groups excluding tert-OH is 1. The molecule has 1 fully saturated rings. The van der Waals surface area contributed by atoms with Gasteiger partial charge in [-0.15, -0.1) is 13.2 Å². The molecule has 0 unspecified atom stereocenters. The number of ether oxygens (including phenoxy) is 2. The fourth-order valence-corrected chi connectivity index (χ4v) is 3.50. The number of carbonyl (C=O) groups excluding carboxylic acids is 2. The van der Waals surface area contributed by atoms with Crippen molar-refractivity contribution in [2.24, 2.45) is 11.8 Å². The van der Waals surface area contributed by atoms with Crippen LogP contribution in [0.3, 0.4) is 0 Å². The molecule has 0 aromatic heterocycles. The quantitative estimate of drug-likeness (QED) is 0.552. The van der Waals surface area contributed by atoms with Crippen molar-refractivity contribution >= 4 is 23.4 Å². The van der Waals surface area contributed by atoms with Crippen LogP contribution in [0, 0.1) is 11.8 Å². The van der Waals surface area contributed by atoms with E-state index in [2.05, 4.69) is 21.9 Å². The third-order valence-electron chi connectivity index (χ3n) is 5.08. The zero-order valence-corrected chi connectivity index (χ0v) is 17.1. The minimum absolute atomic E-state index is 0.0479. The Hall–Kier alpha value is -2.30. The highest BCUT2D eigenvalue weighted by molar-refractivity contribution is 6.30. The molecule has 0 saturated heterocycles. The van der Waals surface area contributed by atoms with Gasteiger partial charge in [-0.2, -0.15) is 0 Å². The smallest absolute Gasteiger partial charge is 0.480 e. The van der Waals surface area contributed by atoms with Crippen molar-refractivity contribution < 1.29 is 37.3 Å². The van der Waals surface area contributed by atoms with Gasteiger partial charge in [0, 0.05) is 41.6 Å². The molecule has 0 spiro atoms. The Balaban J connectivity index is 1.37. The fraction of sp³-hybridized carbons (Fsp3) is 0.500. The van der Waals surface area contributed by atoms with Crippen molar-refractivity contribution in [2.75, 3.05) is 13.2 Å². The summed E-state index contributed by atoms with van der Waals surface area (Å²) in [6.45, 7) is 3.36. The average Bonchev–Trinajstić information content (AvgIpc) is 3.46. The van der Waals surface area contributed by atoms with E-state index in [0.717, 1.165) is 0 Å². The van der Waals surface area contributed by atoms with Crippen LogP contribution in [0.5, 0.6) is 5.75 Å². The lowest BCUT2D eigenvalue weighted by Gasteiger charge is -2.29. The Morgan fingerprint density at radius 2 is 2.03 bits per heavy atom. The molecule has 1 aromatic rings. The van der Waals surface area contributed by atoms with Crippen LogP contribution in [-0.2, 0) is 14.3 Å². The minimum Gasteiger partial charge on any atom is -0.480 e. The fourth-order valence-electron chi connectivity index (χ4n) is 3.32. The lowest BCUT2D eigenvalue weighted by molar-refractivity contribution is -0.326. The number of hydrogen-bond acceptors (Lipinski definition) is 5. The first kappa shape index (κ1) is 23.4. The Bertz CT molecular complexity index is 864. The van der Waals surface area contributed by atoms with Crippen LogP contribution in [0.2, 0.25) is 5.02 Å². The summed E-state index contributed by atoms with van der Waals surface area (Å²) >= 11 is 5.91. The van der Waals surface area contributed by atoms with Crippen molar-refractivity contribution in [2.45, 2.75) is 37.8 Å². The van der Waals surface area contributed by atoms with Crippen molar-refractivity contribution in [3.8, 4) is 5.75 Å². The van der Waals surface area contributed by atoms with Crippen LogP contribution < -0.4 is 15.4 Å². The normalized spacial score (nSPS) is 24.5. The molecular weight excluding hydrogens is 441 g/mol. The van der Waals surface area contributed by atoms with Crippen LogP contribution in [0.15, 0.2) is 30.5 Å². The maximum atomic E-state index is 12.4. The molecule has 1 aliphatic heterocycles. The second-order valence-electron chi connectivity index (χ2n) is 7.53. The topological polar surface area (TPSA) is 96.9 Å². The van der Waals surface area contributed by atoms with Crippen molar-refractivity contribution in [3.05, 3.63) is 41.1 Å². The van der Waals surface area contributed by atoms with E-state index in [4.69, 9.17) is 16.3 Å². The Morgan fingerprint density at radius 1 is 1.29 bits per heavy atom. The van der Waals surface area contributed by atoms with Gasteiger partial charge in [-0.25, -0.2) is 0 Å². The first-order valence-electron chi connectivity index (χ1n) is 9.64. The van der Waals surface area contributed by atoms with Crippen molar-refractivity contribution in [3.63, 3.8) is 0 Å². The van der Waals surface area contributed by atoms with Gasteiger partial charge in [0.25, 0.3) is 5.91 Å². The molecule has 0 radical (unpaired) electrons. The number of aliphatic hydroxyl groups is 1. The van der Waals surface area contributed by atoms with Crippen LogP contribution >= 0.6 is 11.6 Å². The number of hydrogen-bond donors (Lipinski definition) is 3. The van der Waals surface area contributed by atoms with Crippen LogP contribution in [0.4, 0.5) is 13.2 Å². The Kier molecular flexibility index (Phi) is 7.13. The molecule has 1 saturated carbocycles. The van der Waals surface area contributed by atoms with E-state index in [-0.39, 0.29) is 25.3 Å². The number of rotatable bonds is 8. The van der Waals surface area contributed by atoms with E-state index in [1.807, 2.05) is 0 Å². The molecule has 31 heavy (non-hydrogen) atoms. The van der Waals surface area contributed by atoms with Gasteiger partial charge < -0.3 is 20.5 Å². The highest BCUT2D eigenvalue weighted by Gasteiger charge is 2.45. The predicted molar refractivity (Wildman–Crippen MR) is 104 cm³/mol. The molecule has 0 bridgehead atoms. The molecule has 2 aliphatic rings. The summed E-state index contributed by atoms with van der Waals surface area (Å²) in [6, 6.07) is 4.75. The number of carbonyl (C=O) groups is 2. The van der Waals surface area contributed by atoms with Gasteiger partial charge >= 0.3 is 6.36 Å². The summed E-state index contributed by atoms with van der Waals surface area (Å²) in [5, 5.41) is 15.9. The number of alkyl halides is 3. The maximum Gasteiger partial charge on any atom is 0.522 e. The van der Waals surface area contributed by atoms with E-state index >= 15 is 0 Å². The number of fused-ring (bicyclic) bond motifs is 1. The zero-order valence-electron chi connectivity index (χ0n) is 16.4. The van der Waals surface area contributed by atoms with E-state index in [1.54, 1.807) is 18.2 Å². The summed E-state index contributed by atoms with van der Waals surface area (Å²) < 4.78 is 45.4. The van der Waals surface area contributed by atoms with Crippen LogP contribution in [-0.4, -0.2) is 42.5 Å². The molecule has 1 aromatic carbocycles. The molecule has 170 valence electrons. The molecule has 1 heterocycles.